The third-order valence-corrected chi connectivity index (χ3v) is 3.61. The lowest BCUT2D eigenvalue weighted by atomic mass is 10.2. The number of amides is 1. The van der Waals surface area contributed by atoms with Crippen LogP contribution in [-0.2, 0) is 9.59 Å². The van der Waals surface area contributed by atoms with Gasteiger partial charge >= 0.3 is 0 Å². The normalized spacial score (nSPS) is 19.1. The highest BCUT2D eigenvalue weighted by Crippen LogP contribution is 1.99. The Labute approximate surface area is 102 Å². The van der Waals surface area contributed by atoms with E-state index < -0.39 is 5.97 Å². The molecule has 1 fully saturated rings. The maximum Gasteiger partial charge on any atom is 0.223 e. The molecular weight excluding hydrogens is 220 g/mol. The Morgan fingerprint density at radius 2 is 1.88 bits per heavy atom. The van der Waals surface area contributed by atoms with Gasteiger partial charge in [0.15, 0.2) is 0 Å². The third-order valence-electron chi connectivity index (χ3n) is 3.61. The van der Waals surface area contributed by atoms with E-state index in [9.17, 15) is 14.7 Å². The van der Waals surface area contributed by atoms with Crippen molar-refractivity contribution in [2.45, 2.75) is 39.2 Å². The van der Waals surface area contributed by atoms with Gasteiger partial charge < -0.3 is 19.7 Å². The second-order valence-electron chi connectivity index (χ2n) is 4.72. The number of carbonyl (C=O) groups excluding carboxylic acids is 2. The van der Waals surface area contributed by atoms with Crippen molar-refractivity contribution in [2.75, 3.05) is 26.2 Å². The highest BCUT2D eigenvalue weighted by molar-refractivity contribution is 5.80. The van der Waals surface area contributed by atoms with E-state index >= 15 is 0 Å². The number of hydrogen-bond donors (Lipinski definition) is 1. The van der Waals surface area contributed by atoms with Crippen molar-refractivity contribution >= 4 is 11.9 Å². The molecule has 1 N–H and O–H groups in total. The van der Waals surface area contributed by atoms with Crippen molar-refractivity contribution in [2.24, 2.45) is 0 Å². The van der Waals surface area contributed by atoms with Crippen LogP contribution in [-0.4, -0.2) is 49.0 Å². The fraction of sp³-hybridized carbons (Fsp3) is 0.833. The van der Waals surface area contributed by atoms with E-state index in [0.717, 1.165) is 32.6 Å². The summed E-state index contributed by atoms with van der Waals surface area (Å²) in [4.78, 5) is 25.3. The Kier molecular flexibility index (Phi) is 5.41. The van der Waals surface area contributed by atoms with E-state index in [1.807, 2.05) is 0 Å². The Morgan fingerprint density at radius 3 is 2.35 bits per heavy atom. The molecule has 5 nitrogen and oxygen atoms in total. The van der Waals surface area contributed by atoms with Crippen LogP contribution in [0.4, 0.5) is 0 Å². The standard InChI is InChI=1S/C12H22N2O3/c1-3-10(2)13-6-8-14(9-7-13)11(15)4-5-12(16)17/h10H,3-9H2,1-2H3,(H,16,17)/t10-/m0/s1. The Morgan fingerprint density at radius 1 is 1.29 bits per heavy atom. The van der Waals surface area contributed by atoms with Gasteiger partial charge in [-0.1, -0.05) is 6.92 Å². The fourth-order valence-electron chi connectivity index (χ4n) is 2.19. The Hall–Kier alpha value is -1.10. The molecule has 0 radical (unpaired) electrons. The molecule has 0 spiro atoms. The number of nitrogens with one attached hydrogen (secondary N) is 1. The van der Waals surface area contributed by atoms with E-state index in [1.54, 1.807) is 4.90 Å². The van der Waals surface area contributed by atoms with E-state index in [4.69, 9.17) is 0 Å². The van der Waals surface area contributed by atoms with Gasteiger partial charge in [0.2, 0.25) is 5.91 Å². The van der Waals surface area contributed by atoms with Gasteiger partial charge in [-0.3, -0.25) is 4.79 Å². The van der Waals surface area contributed by atoms with E-state index in [-0.39, 0.29) is 18.7 Å². The largest absolute Gasteiger partial charge is 0.550 e. The lowest BCUT2D eigenvalue weighted by molar-refractivity contribution is -0.927. The summed E-state index contributed by atoms with van der Waals surface area (Å²) in [5.41, 5.74) is 0. The zero-order valence-corrected chi connectivity index (χ0v) is 10.7. The lowest BCUT2D eigenvalue weighted by Gasteiger charge is -2.35. The smallest absolute Gasteiger partial charge is 0.223 e. The van der Waals surface area contributed by atoms with Gasteiger partial charge in [-0.05, 0) is 19.8 Å². The van der Waals surface area contributed by atoms with Crippen LogP contribution in [0, 0.1) is 0 Å². The Bertz CT molecular complexity index is 273. The van der Waals surface area contributed by atoms with Gasteiger partial charge in [-0.15, -0.1) is 0 Å². The average Bonchev–Trinajstić information content (AvgIpc) is 2.35. The molecule has 1 atom stereocenters. The first-order valence-corrected chi connectivity index (χ1v) is 6.36. The summed E-state index contributed by atoms with van der Waals surface area (Å²) in [6.07, 6.45) is 1.05. The molecule has 0 saturated carbocycles. The van der Waals surface area contributed by atoms with E-state index in [1.165, 1.54) is 4.90 Å². The maximum atomic E-state index is 11.7. The van der Waals surface area contributed by atoms with Gasteiger partial charge in [0.1, 0.15) is 0 Å². The molecule has 1 amide bonds. The maximum absolute atomic E-state index is 11.7. The minimum Gasteiger partial charge on any atom is -0.550 e. The van der Waals surface area contributed by atoms with Crippen molar-refractivity contribution in [3.63, 3.8) is 0 Å². The van der Waals surface area contributed by atoms with Crippen LogP contribution in [0.3, 0.4) is 0 Å². The molecule has 0 aromatic heterocycles. The first kappa shape index (κ1) is 14.0. The van der Waals surface area contributed by atoms with Crippen molar-refractivity contribution in [1.82, 2.24) is 4.90 Å². The average molecular weight is 242 g/mol. The van der Waals surface area contributed by atoms with Gasteiger partial charge in [0.05, 0.1) is 32.2 Å². The second-order valence-corrected chi connectivity index (χ2v) is 4.72. The molecule has 98 valence electrons. The highest BCUT2D eigenvalue weighted by atomic mass is 16.4. The van der Waals surface area contributed by atoms with Crippen LogP contribution >= 0.6 is 0 Å². The minimum absolute atomic E-state index is 0.0580. The topological polar surface area (TPSA) is 64.9 Å². The van der Waals surface area contributed by atoms with E-state index in [0.29, 0.717) is 6.04 Å². The summed E-state index contributed by atoms with van der Waals surface area (Å²) in [5, 5.41) is 10.3. The fourth-order valence-corrected chi connectivity index (χ4v) is 2.19. The molecular formula is C12H22N2O3. The molecule has 1 aliphatic heterocycles. The number of carbonyl (C=O) groups is 2. The number of rotatable bonds is 5. The predicted octanol–water partition coefficient (Wildman–Crippen LogP) is -1.96. The molecule has 17 heavy (non-hydrogen) atoms. The number of aliphatic carboxylic acids is 1. The molecule has 1 heterocycles. The molecule has 0 bridgehead atoms. The third kappa shape index (κ3) is 4.34. The van der Waals surface area contributed by atoms with Crippen LogP contribution in [0.2, 0.25) is 0 Å². The molecule has 1 saturated heterocycles. The summed E-state index contributed by atoms with van der Waals surface area (Å²) < 4.78 is 0. The minimum atomic E-state index is -1.15. The zero-order chi connectivity index (χ0) is 12.8. The molecule has 1 aliphatic rings. The van der Waals surface area contributed by atoms with Crippen LogP contribution in [0.5, 0.6) is 0 Å². The summed E-state index contributed by atoms with van der Waals surface area (Å²) >= 11 is 0. The predicted molar refractivity (Wildman–Crippen MR) is 61.3 cm³/mol. The van der Waals surface area contributed by atoms with Crippen LogP contribution in [0.25, 0.3) is 0 Å². The van der Waals surface area contributed by atoms with Crippen molar-refractivity contribution in [1.29, 1.82) is 0 Å². The molecule has 0 aliphatic carbocycles. The van der Waals surface area contributed by atoms with Gasteiger partial charge in [0.25, 0.3) is 0 Å². The molecule has 0 unspecified atom stereocenters. The summed E-state index contributed by atoms with van der Waals surface area (Å²) in [7, 11) is 0. The zero-order valence-electron chi connectivity index (χ0n) is 10.7. The number of hydrogen-bond acceptors (Lipinski definition) is 3. The number of nitrogens with zero attached hydrogens (tertiary/aromatic N) is 1. The lowest BCUT2D eigenvalue weighted by Crippen LogP contribution is -3.17. The number of carboxylic acids is 1. The first-order chi connectivity index (χ1) is 8.04. The van der Waals surface area contributed by atoms with Gasteiger partial charge in [-0.2, -0.15) is 0 Å². The summed E-state index contributed by atoms with van der Waals surface area (Å²) in [6.45, 7) is 7.81. The van der Waals surface area contributed by atoms with Crippen LogP contribution in [0.15, 0.2) is 0 Å². The SMILES string of the molecule is CC[C@H](C)[NH+]1CCN(C(=O)CCC(=O)[O-])CC1. The Balaban J connectivity index is 2.31. The number of quaternary nitrogens is 1. The summed E-state index contributed by atoms with van der Waals surface area (Å²) in [5.74, 6) is -1.21. The molecule has 5 heteroatoms. The van der Waals surface area contributed by atoms with Crippen LogP contribution in [0.1, 0.15) is 33.1 Å². The van der Waals surface area contributed by atoms with Crippen molar-refractivity contribution in [3.05, 3.63) is 0 Å². The highest BCUT2D eigenvalue weighted by Gasteiger charge is 2.25. The van der Waals surface area contributed by atoms with Crippen LogP contribution < -0.4 is 10.0 Å². The molecule has 0 aromatic rings. The monoisotopic (exact) mass is 242 g/mol. The molecule has 1 rings (SSSR count). The first-order valence-electron chi connectivity index (χ1n) is 6.36. The quantitative estimate of drug-likeness (QED) is 0.609. The number of piperazine rings is 1. The van der Waals surface area contributed by atoms with Crippen molar-refractivity contribution in [3.8, 4) is 0 Å². The molecule has 0 aromatic carbocycles. The van der Waals surface area contributed by atoms with E-state index in [2.05, 4.69) is 13.8 Å². The summed E-state index contributed by atoms with van der Waals surface area (Å²) in [6, 6.07) is 0.635. The van der Waals surface area contributed by atoms with Gasteiger partial charge in [0, 0.05) is 12.4 Å². The van der Waals surface area contributed by atoms with Crippen molar-refractivity contribution < 1.29 is 19.6 Å². The van der Waals surface area contributed by atoms with Gasteiger partial charge in [-0.25, -0.2) is 0 Å². The number of carboxylic acid groups (broad SMARTS) is 1. The second kappa shape index (κ2) is 6.59.